The van der Waals surface area contributed by atoms with Gasteiger partial charge in [-0.2, -0.15) is 0 Å². The van der Waals surface area contributed by atoms with Gasteiger partial charge in [0.1, 0.15) is 0 Å². The molecule has 0 heterocycles. The van der Waals surface area contributed by atoms with Gasteiger partial charge in [0.2, 0.25) is 0 Å². The average molecular weight is 110 g/mol. The van der Waals surface area contributed by atoms with Crippen molar-refractivity contribution in [1.82, 2.24) is 0 Å². The van der Waals surface area contributed by atoms with Crippen molar-refractivity contribution in [2.24, 2.45) is 5.92 Å². The molecule has 0 atom stereocenters. The molecule has 40 valence electrons. The second-order valence-corrected chi connectivity index (χ2v) is 2.39. The third-order valence-electron chi connectivity index (χ3n) is 1.64. The molecule has 0 saturated heterocycles. The van der Waals surface area contributed by atoms with Crippen molar-refractivity contribution in [3.05, 3.63) is 0 Å². The van der Waals surface area contributed by atoms with E-state index in [9.17, 15) is 0 Å². The number of rotatable bonds is 0. The maximum Gasteiger partial charge on any atom is 2.00 e. The van der Waals surface area contributed by atoms with Crippen LogP contribution < -0.4 is 0 Å². The summed E-state index contributed by atoms with van der Waals surface area (Å²) >= 11 is 0. The first-order chi connectivity index (χ1) is 2.89. The molecular weight excluding hydrogens is 96.4 g/mol. The second-order valence-electron chi connectivity index (χ2n) is 2.39. The average Bonchev–Trinajstić information content (AvgIpc) is 1.86. The van der Waals surface area contributed by atoms with Crippen molar-refractivity contribution in [1.29, 1.82) is 0 Å². The Morgan fingerprint density at radius 1 is 1.29 bits per heavy atom. The van der Waals surface area contributed by atoms with E-state index in [4.69, 9.17) is 0 Å². The third-order valence-corrected chi connectivity index (χ3v) is 1.64. The number of hydrogen-bond donors (Lipinski definition) is 0. The Balaban J connectivity index is -0.000000120. The fourth-order valence-electron chi connectivity index (χ4n) is 1.13. The summed E-state index contributed by atoms with van der Waals surface area (Å²) in [7, 11) is 0. The van der Waals surface area contributed by atoms with E-state index in [1.165, 1.54) is 25.7 Å². The van der Waals surface area contributed by atoms with Crippen LogP contribution >= 0.6 is 0 Å². The molecule has 0 amide bonds. The van der Waals surface area contributed by atoms with Crippen LogP contribution in [0.1, 0.15) is 35.5 Å². The zero-order valence-corrected chi connectivity index (χ0v) is 6.53. The Kier molecular flexibility index (Phi) is 4.14. The third kappa shape index (κ3) is 2.55. The summed E-state index contributed by atoms with van der Waals surface area (Å²) in [5, 5.41) is 0. The van der Waals surface area contributed by atoms with Gasteiger partial charge in [-0.15, -0.1) is 0 Å². The van der Waals surface area contributed by atoms with Gasteiger partial charge in [-0.05, 0) is 5.92 Å². The summed E-state index contributed by atoms with van der Waals surface area (Å²) in [6, 6.07) is 0. The molecular formula is C6H14Mg. The Bertz CT molecular complexity index is 44.3. The van der Waals surface area contributed by atoms with Crippen molar-refractivity contribution in [3.63, 3.8) is 0 Å². The topological polar surface area (TPSA) is 0 Å². The van der Waals surface area contributed by atoms with Gasteiger partial charge in [0.25, 0.3) is 0 Å². The van der Waals surface area contributed by atoms with Crippen molar-refractivity contribution >= 4 is 23.1 Å². The predicted octanol–water partition coefficient (Wildman–Crippen LogP) is 2.04. The molecule has 0 aromatic rings. The first-order valence-corrected chi connectivity index (χ1v) is 2.89. The number of hydrogen-bond acceptors (Lipinski definition) is 0. The van der Waals surface area contributed by atoms with Gasteiger partial charge in [-0.1, -0.05) is 32.6 Å². The maximum atomic E-state index is 2.34. The molecule has 1 heteroatoms. The Labute approximate surface area is 64.8 Å². The summed E-state index contributed by atoms with van der Waals surface area (Å²) < 4.78 is 0. The molecule has 1 saturated carbocycles. The second kappa shape index (κ2) is 3.73. The molecule has 1 fully saturated rings. The van der Waals surface area contributed by atoms with Gasteiger partial charge in [0.05, 0.1) is 0 Å². The van der Waals surface area contributed by atoms with E-state index >= 15 is 0 Å². The van der Waals surface area contributed by atoms with Crippen LogP contribution in [-0.2, 0) is 0 Å². The minimum Gasteiger partial charge on any atom is -1.00 e. The largest absolute Gasteiger partial charge is 2.00 e. The molecule has 0 radical (unpaired) electrons. The SMILES string of the molecule is CC1CCCC1.[H-].[H-].[Mg+2]. The van der Waals surface area contributed by atoms with E-state index in [2.05, 4.69) is 6.92 Å². The van der Waals surface area contributed by atoms with Gasteiger partial charge in [-0.25, -0.2) is 0 Å². The van der Waals surface area contributed by atoms with Crippen LogP contribution in [0, 0.1) is 5.92 Å². The van der Waals surface area contributed by atoms with E-state index in [1.807, 2.05) is 0 Å². The van der Waals surface area contributed by atoms with E-state index in [0.29, 0.717) is 0 Å². The van der Waals surface area contributed by atoms with Gasteiger partial charge in [0, 0.05) is 0 Å². The summed E-state index contributed by atoms with van der Waals surface area (Å²) in [4.78, 5) is 0. The van der Waals surface area contributed by atoms with Gasteiger partial charge < -0.3 is 2.85 Å². The molecule has 0 nitrogen and oxygen atoms in total. The van der Waals surface area contributed by atoms with Crippen molar-refractivity contribution in [2.75, 3.05) is 0 Å². The quantitative estimate of drug-likeness (QED) is 0.419. The van der Waals surface area contributed by atoms with Gasteiger partial charge >= 0.3 is 23.1 Å². The van der Waals surface area contributed by atoms with Crippen LogP contribution in [0.15, 0.2) is 0 Å². The molecule has 0 bridgehead atoms. The molecule has 0 aromatic carbocycles. The van der Waals surface area contributed by atoms with Crippen LogP contribution in [0.2, 0.25) is 0 Å². The monoisotopic (exact) mass is 110 g/mol. The normalized spacial score (nSPS) is 21.9. The van der Waals surface area contributed by atoms with Crippen LogP contribution in [0.5, 0.6) is 0 Å². The minimum atomic E-state index is 0. The van der Waals surface area contributed by atoms with Gasteiger partial charge in [0.15, 0.2) is 0 Å². The van der Waals surface area contributed by atoms with E-state index in [-0.39, 0.29) is 25.9 Å². The van der Waals surface area contributed by atoms with Crippen LogP contribution in [0.4, 0.5) is 0 Å². The fourth-order valence-corrected chi connectivity index (χ4v) is 1.13. The molecule has 1 aliphatic rings. The molecule has 0 spiro atoms. The smallest absolute Gasteiger partial charge is 1.00 e. The minimum absolute atomic E-state index is 0. The first kappa shape index (κ1) is 7.77. The Morgan fingerprint density at radius 2 is 1.71 bits per heavy atom. The van der Waals surface area contributed by atoms with Crippen LogP contribution in [-0.4, -0.2) is 23.1 Å². The Hall–Kier alpha value is 0.766. The molecule has 1 rings (SSSR count). The predicted molar refractivity (Wildman–Crippen MR) is 35.6 cm³/mol. The molecule has 1 aliphatic carbocycles. The molecule has 7 heavy (non-hydrogen) atoms. The van der Waals surface area contributed by atoms with Crippen molar-refractivity contribution in [3.8, 4) is 0 Å². The summed E-state index contributed by atoms with van der Waals surface area (Å²) in [5.41, 5.74) is 0. The van der Waals surface area contributed by atoms with Crippen molar-refractivity contribution < 1.29 is 2.85 Å². The summed E-state index contributed by atoms with van der Waals surface area (Å²) in [6.07, 6.45) is 5.95. The van der Waals surface area contributed by atoms with E-state index in [1.54, 1.807) is 0 Å². The summed E-state index contributed by atoms with van der Waals surface area (Å²) in [6.45, 7) is 2.34. The van der Waals surface area contributed by atoms with Crippen LogP contribution in [0.25, 0.3) is 0 Å². The molecule has 0 N–H and O–H groups in total. The Morgan fingerprint density at radius 3 is 1.86 bits per heavy atom. The first-order valence-electron chi connectivity index (χ1n) is 2.89. The van der Waals surface area contributed by atoms with E-state index in [0.717, 1.165) is 5.92 Å². The fraction of sp³-hybridized carbons (Fsp3) is 1.00. The summed E-state index contributed by atoms with van der Waals surface area (Å²) in [5.74, 6) is 1.05. The van der Waals surface area contributed by atoms with E-state index < -0.39 is 0 Å². The zero-order valence-electron chi connectivity index (χ0n) is 7.11. The molecule has 0 aromatic heterocycles. The zero-order chi connectivity index (χ0) is 4.41. The molecule has 0 unspecified atom stereocenters. The van der Waals surface area contributed by atoms with Crippen LogP contribution in [0.3, 0.4) is 0 Å². The molecule has 0 aliphatic heterocycles. The van der Waals surface area contributed by atoms with Crippen molar-refractivity contribution in [2.45, 2.75) is 32.6 Å². The van der Waals surface area contributed by atoms with Gasteiger partial charge in [-0.3, -0.25) is 0 Å². The standard InChI is InChI=1S/C6H12.Mg.2H/c1-6-4-2-3-5-6;;;/h6H,2-5H2,1H3;;;/q;+2;2*-1. The maximum absolute atomic E-state index is 2.34.